The van der Waals surface area contributed by atoms with Crippen LogP contribution in [0.5, 0.6) is 0 Å². The molecule has 4 rings (SSSR count). The topological polar surface area (TPSA) is 65.6 Å². The van der Waals surface area contributed by atoms with Gasteiger partial charge in [-0.05, 0) is 36.1 Å². The molecule has 1 saturated heterocycles. The van der Waals surface area contributed by atoms with Gasteiger partial charge < -0.3 is 19.5 Å². The van der Waals surface area contributed by atoms with E-state index >= 15 is 4.39 Å². The van der Waals surface area contributed by atoms with Crippen LogP contribution in [0, 0.1) is 11.7 Å². The highest BCUT2D eigenvalue weighted by Gasteiger charge is 2.32. The first kappa shape index (κ1) is 19.6. The third kappa shape index (κ3) is 3.44. The van der Waals surface area contributed by atoms with Gasteiger partial charge in [-0.1, -0.05) is 13.0 Å². The number of carbonyl (C=O) groups excluding carboxylic acids is 2. The second-order valence-electron chi connectivity index (χ2n) is 7.93. The van der Waals surface area contributed by atoms with E-state index in [1.165, 1.54) is 4.90 Å². The maximum Gasteiger partial charge on any atom is 0.269 e. The van der Waals surface area contributed by atoms with E-state index in [1.807, 2.05) is 19.1 Å². The Bertz CT molecular complexity index is 1000. The van der Waals surface area contributed by atoms with E-state index in [-0.39, 0.29) is 23.5 Å². The number of benzene rings is 1. The van der Waals surface area contributed by atoms with E-state index in [1.54, 1.807) is 25.1 Å². The number of rotatable bonds is 4. The molecule has 154 valence electrons. The van der Waals surface area contributed by atoms with E-state index in [9.17, 15) is 9.59 Å². The highest BCUT2D eigenvalue weighted by molar-refractivity contribution is 5.99. The Hall–Kier alpha value is -2.67. The van der Waals surface area contributed by atoms with Crippen molar-refractivity contribution in [1.82, 2.24) is 14.8 Å². The average molecular weight is 399 g/mol. The van der Waals surface area contributed by atoms with Crippen LogP contribution in [0.25, 0.3) is 16.5 Å². The van der Waals surface area contributed by atoms with Gasteiger partial charge in [0.25, 0.3) is 5.91 Å². The molecule has 3 heterocycles. The van der Waals surface area contributed by atoms with Gasteiger partial charge in [0.15, 0.2) is 5.82 Å². The van der Waals surface area contributed by atoms with Gasteiger partial charge in [0.05, 0.1) is 24.6 Å². The summed E-state index contributed by atoms with van der Waals surface area (Å²) in [5.41, 5.74) is 3.01. The Morgan fingerprint density at radius 3 is 2.69 bits per heavy atom. The number of carbonyl (C=O) groups is 2. The van der Waals surface area contributed by atoms with Gasteiger partial charge in [-0.3, -0.25) is 9.59 Å². The third-order valence-corrected chi connectivity index (χ3v) is 5.75. The zero-order valence-electron chi connectivity index (χ0n) is 17.0. The molecule has 2 aliphatic rings. The Labute approximate surface area is 169 Å². The second kappa shape index (κ2) is 7.63. The summed E-state index contributed by atoms with van der Waals surface area (Å²) in [7, 11) is 3.34. The Balaban J connectivity index is 1.71. The molecule has 0 bridgehead atoms. The maximum atomic E-state index is 15.5. The summed E-state index contributed by atoms with van der Waals surface area (Å²) in [6, 6.07) is 3.59. The van der Waals surface area contributed by atoms with Crippen LogP contribution in [0.3, 0.4) is 0 Å². The highest BCUT2D eigenvalue weighted by Crippen LogP contribution is 2.32. The maximum absolute atomic E-state index is 15.5. The molecular formula is C22H26FN3O3. The molecule has 7 heteroatoms. The summed E-state index contributed by atoms with van der Waals surface area (Å²) in [6.07, 6.45) is 3.43. The minimum absolute atomic E-state index is 0.0732. The van der Waals surface area contributed by atoms with Crippen molar-refractivity contribution < 1.29 is 18.7 Å². The lowest BCUT2D eigenvalue weighted by Gasteiger charge is -2.34. The van der Waals surface area contributed by atoms with Gasteiger partial charge in [-0.2, -0.15) is 0 Å². The largest absolute Gasteiger partial charge is 0.380 e. The number of hydrogen-bond acceptors (Lipinski definition) is 3. The van der Waals surface area contributed by atoms with Crippen LogP contribution in [-0.2, 0) is 16.0 Å². The molecular weight excluding hydrogens is 373 g/mol. The first-order valence-corrected chi connectivity index (χ1v) is 10.0. The predicted molar refractivity (Wildman–Crippen MR) is 109 cm³/mol. The molecule has 2 amide bonds. The number of amides is 2. The molecule has 1 aromatic heterocycles. The summed E-state index contributed by atoms with van der Waals surface area (Å²) in [4.78, 5) is 31.2. The van der Waals surface area contributed by atoms with E-state index in [4.69, 9.17) is 4.74 Å². The smallest absolute Gasteiger partial charge is 0.269 e. The Morgan fingerprint density at radius 2 is 2.07 bits per heavy atom. The number of hydrogen-bond donors (Lipinski definition) is 1. The number of aromatic nitrogens is 1. The fourth-order valence-electron chi connectivity index (χ4n) is 3.98. The predicted octanol–water partition coefficient (Wildman–Crippen LogP) is 2.83. The number of nitrogens with one attached hydrogen (secondary N) is 1. The standard InChI is InChI=1S/C22H26FN3O3/c1-4-13-8-16(14-6-5-7-26(10-14)21(27)15-11-29-12-15)19(23)20-17(13)9-18(24-20)22(28)25(2)3/h6,8-9,15,24H,4-5,7,10-12H2,1-3H3. The monoisotopic (exact) mass is 399 g/mol. The number of aryl methyl sites for hydroxylation is 1. The van der Waals surface area contributed by atoms with Crippen molar-refractivity contribution in [2.75, 3.05) is 40.4 Å². The van der Waals surface area contributed by atoms with Crippen molar-refractivity contribution in [2.24, 2.45) is 5.92 Å². The molecule has 2 aliphatic heterocycles. The summed E-state index contributed by atoms with van der Waals surface area (Å²) < 4.78 is 20.6. The normalized spacial score (nSPS) is 17.2. The number of nitrogens with zero attached hydrogens (tertiary/aromatic N) is 2. The van der Waals surface area contributed by atoms with Gasteiger partial charge >= 0.3 is 0 Å². The number of aromatic amines is 1. The van der Waals surface area contributed by atoms with Crippen LogP contribution in [0.1, 0.15) is 35.0 Å². The van der Waals surface area contributed by atoms with E-state index in [0.717, 1.165) is 16.5 Å². The van der Waals surface area contributed by atoms with Crippen LogP contribution >= 0.6 is 0 Å². The summed E-state index contributed by atoms with van der Waals surface area (Å²) in [5, 5.41) is 0.731. The van der Waals surface area contributed by atoms with E-state index in [2.05, 4.69) is 4.98 Å². The van der Waals surface area contributed by atoms with E-state index in [0.29, 0.717) is 55.9 Å². The molecule has 0 spiro atoms. The molecule has 1 fully saturated rings. The van der Waals surface area contributed by atoms with Gasteiger partial charge in [0.1, 0.15) is 5.69 Å². The molecule has 1 aromatic carbocycles. The zero-order chi connectivity index (χ0) is 20.7. The molecule has 2 aromatic rings. The number of ether oxygens (including phenoxy) is 1. The molecule has 0 atom stereocenters. The van der Waals surface area contributed by atoms with Gasteiger partial charge in [0.2, 0.25) is 5.91 Å². The summed E-state index contributed by atoms with van der Waals surface area (Å²) in [5.74, 6) is -0.559. The van der Waals surface area contributed by atoms with Crippen LogP contribution in [-0.4, -0.2) is 67.0 Å². The average Bonchev–Trinajstić information content (AvgIpc) is 3.12. The molecule has 6 nitrogen and oxygen atoms in total. The van der Waals surface area contributed by atoms with E-state index < -0.39 is 0 Å². The first-order chi connectivity index (χ1) is 13.9. The van der Waals surface area contributed by atoms with Crippen LogP contribution in [0.2, 0.25) is 0 Å². The zero-order valence-corrected chi connectivity index (χ0v) is 17.0. The number of fused-ring (bicyclic) bond motifs is 1. The number of H-pyrrole nitrogens is 1. The first-order valence-electron chi connectivity index (χ1n) is 10.0. The summed E-state index contributed by atoms with van der Waals surface area (Å²) >= 11 is 0. The molecule has 0 aliphatic carbocycles. The fraction of sp³-hybridized carbons (Fsp3) is 0.455. The lowest BCUT2D eigenvalue weighted by molar-refractivity contribution is -0.149. The van der Waals surface area contributed by atoms with Crippen LogP contribution < -0.4 is 0 Å². The summed E-state index contributed by atoms with van der Waals surface area (Å²) in [6.45, 7) is 4.00. The highest BCUT2D eigenvalue weighted by atomic mass is 19.1. The van der Waals surface area contributed by atoms with Crippen LogP contribution in [0.4, 0.5) is 4.39 Å². The Morgan fingerprint density at radius 1 is 1.31 bits per heavy atom. The quantitative estimate of drug-likeness (QED) is 0.860. The molecule has 29 heavy (non-hydrogen) atoms. The SMILES string of the molecule is CCc1cc(C2=CCCN(C(=O)C3COC3)C2)c(F)c2[nH]c(C(=O)N(C)C)cc12. The molecule has 1 N–H and O–H groups in total. The fourth-order valence-corrected chi connectivity index (χ4v) is 3.98. The molecule has 0 unspecified atom stereocenters. The molecule has 0 saturated carbocycles. The van der Waals surface area contributed by atoms with Gasteiger partial charge in [-0.25, -0.2) is 4.39 Å². The van der Waals surface area contributed by atoms with Crippen molar-refractivity contribution in [3.63, 3.8) is 0 Å². The van der Waals surface area contributed by atoms with Crippen molar-refractivity contribution in [3.05, 3.63) is 40.8 Å². The lowest BCUT2D eigenvalue weighted by atomic mass is 9.94. The Kier molecular flexibility index (Phi) is 5.17. The van der Waals surface area contributed by atoms with Crippen molar-refractivity contribution in [2.45, 2.75) is 19.8 Å². The van der Waals surface area contributed by atoms with Gasteiger partial charge in [0, 0.05) is 38.1 Å². The van der Waals surface area contributed by atoms with Crippen LogP contribution in [0.15, 0.2) is 18.2 Å². The third-order valence-electron chi connectivity index (χ3n) is 5.75. The minimum Gasteiger partial charge on any atom is -0.380 e. The number of halogens is 1. The minimum atomic E-state index is -0.373. The van der Waals surface area contributed by atoms with Crippen molar-refractivity contribution in [3.8, 4) is 0 Å². The molecule has 0 radical (unpaired) electrons. The van der Waals surface area contributed by atoms with Crippen molar-refractivity contribution >= 4 is 28.3 Å². The van der Waals surface area contributed by atoms with Crippen molar-refractivity contribution in [1.29, 1.82) is 0 Å². The lowest BCUT2D eigenvalue weighted by Crippen LogP contribution is -2.46. The van der Waals surface area contributed by atoms with Gasteiger partial charge in [-0.15, -0.1) is 0 Å². The second-order valence-corrected chi connectivity index (χ2v) is 7.93.